The van der Waals surface area contributed by atoms with E-state index < -0.39 is 0 Å². The number of aliphatic hydroxyl groups is 1. The number of ether oxygens (including phenoxy) is 1. The van der Waals surface area contributed by atoms with Crippen molar-refractivity contribution in [2.45, 2.75) is 57.7 Å². The molecule has 0 aromatic heterocycles. The van der Waals surface area contributed by atoms with E-state index in [-0.39, 0.29) is 41.9 Å². The highest BCUT2D eigenvalue weighted by molar-refractivity contribution is 14.0. The third-order valence-corrected chi connectivity index (χ3v) is 6.10. The van der Waals surface area contributed by atoms with Gasteiger partial charge in [-0.1, -0.05) is 25.3 Å². The maximum absolute atomic E-state index is 13.6. The number of morpholine rings is 1. The number of nitrogens with zero attached hydrogens (tertiary/aromatic N) is 2. The fraction of sp³-hybridized carbons (Fsp3) is 0.682. The van der Waals surface area contributed by atoms with Gasteiger partial charge in [0.1, 0.15) is 5.82 Å². The van der Waals surface area contributed by atoms with Gasteiger partial charge < -0.3 is 20.5 Å². The average molecular weight is 534 g/mol. The van der Waals surface area contributed by atoms with Crippen LogP contribution in [0.15, 0.2) is 23.2 Å². The normalized spacial score (nSPS) is 19.8. The number of aliphatic imine (C=N–C) groups is 1. The van der Waals surface area contributed by atoms with Crippen LogP contribution in [0.1, 0.15) is 50.2 Å². The van der Waals surface area contributed by atoms with Crippen LogP contribution < -0.4 is 10.6 Å². The fourth-order valence-electron chi connectivity index (χ4n) is 4.46. The molecule has 0 spiro atoms. The zero-order chi connectivity index (χ0) is 20.5. The van der Waals surface area contributed by atoms with Crippen LogP contribution in [0.2, 0.25) is 0 Å². The first-order valence-corrected chi connectivity index (χ1v) is 10.9. The maximum Gasteiger partial charge on any atom is 0.191 e. The summed E-state index contributed by atoms with van der Waals surface area (Å²) >= 11 is 0. The van der Waals surface area contributed by atoms with Gasteiger partial charge in [0, 0.05) is 37.3 Å². The molecule has 0 amide bonds. The topological polar surface area (TPSA) is 69.1 Å². The molecule has 1 aliphatic carbocycles. The van der Waals surface area contributed by atoms with Gasteiger partial charge in [-0.05, 0) is 37.5 Å². The number of nitrogens with one attached hydrogen (secondary N) is 2. The van der Waals surface area contributed by atoms with E-state index in [1.54, 1.807) is 12.1 Å². The number of halogens is 2. The van der Waals surface area contributed by atoms with E-state index in [0.717, 1.165) is 50.9 Å². The second kappa shape index (κ2) is 12.8. The Labute approximate surface area is 196 Å². The molecule has 8 heteroatoms. The first kappa shape index (κ1) is 25.3. The molecule has 1 aromatic carbocycles. The Morgan fingerprint density at radius 1 is 1.20 bits per heavy atom. The van der Waals surface area contributed by atoms with Crippen LogP contribution >= 0.6 is 24.0 Å². The average Bonchev–Trinajstić information content (AvgIpc) is 2.78. The number of guanidine groups is 1. The second-order valence-corrected chi connectivity index (χ2v) is 8.02. The van der Waals surface area contributed by atoms with Gasteiger partial charge in [0.05, 0.1) is 26.4 Å². The third-order valence-electron chi connectivity index (χ3n) is 6.10. The molecule has 0 bridgehead atoms. The number of hydrogen-bond acceptors (Lipinski definition) is 4. The minimum Gasteiger partial charge on any atom is -0.392 e. The second-order valence-electron chi connectivity index (χ2n) is 8.02. The molecule has 30 heavy (non-hydrogen) atoms. The molecule has 1 heterocycles. The van der Waals surface area contributed by atoms with E-state index in [1.165, 1.54) is 38.2 Å². The van der Waals surface area contributed by atoms with E-state index in [9.17, 15) is 9.50 Å². The molecule has 1 aromatic rings. The van der Waals surface area contributed by atoms with Crippen molar-refractivity contribution in [2.24, 2.45) is 4.99 Å². The van der Waals surface area contributed by atoms with Crippen molar-refractivity contribution in [1.29, 1.82) is 0 Å². The van der Waals surface area contributed by atoms with E-state index in [2.05, 4.69) is 22.5 Å². The van der Waals surface area contributed by atoms with Crippen LogP contribution in [0.25, 0.3) is 0 Å². The zero-order valence-corrected chi connectivity index (χ0v) is 20.3. The molecule has 0 radical (unpaired) electrons. The van der Waals surface area contributed by atoms with E-state index >= 15 is 0 Å². The van der Waals surface area contributed by atoms with Crippen LogP contribution in [0, 0.1) is 5.82 Å². The molecular weight excluding hydrogens is 498 g/mol. The number of aliphatic hydroxyl groups excluding tert-OH is 1. The standard InChI is InChI=1S/C22H35FN4O2.HI/c1-2-24-21(25-15-18-6-7-20(23)19(14-18)16-28)26-17-22(8-4-3-5-9-22)27-10-12-29-13-11-27;/h6-7,14,28H,2-5,8-13,15-17H2,1H3,(H2,24,25,26);1H. The lowest BCUT2D eigenvalue weighted by Crippen LogP contribution is -2.60. The van der Waals surface area contributed by atoms with Gasteiger partial charge in [-0.25, -0.2) is 9.38 Å². The van der Waals surface area contributed by atoms with Crippen molar-refractivity contribution in [1.82, 2.24) is 15.5 Å². The predicted molar refractivity (Wildman–Crippen MR) is 129 cm³/mol. The van der Waals surface area contributed by atoms with Gasteiger partial charge in [-0.15, -0.1) is 24.0 Å². The van der Waals surface area contributed by atoms with Crippen molar-refractivity contribution in [3.05, 3.63) is 35.1 Å². The molecule has 2 fully saturated rings. The first-order valence-electron chi connectivity index (χ1n) is 10.9. The Hall–Kier alpha value is -0.970. The van der Waals surface area contributed by atoms with Gasteiger partial charge >= 0.3 is 0 Å². The summed E-state index contributed by atoms with van der Waals surface area (Å²) in [6.07, 6.45) is 6.27. The Morgan fingerprint density at radius 2 is 1.93 bits per heavy atom. The summed E-state index contributed by atoms with van der Waals surface area (Å²) in [4.78, 5) is 7.31. The van der Waals surface area contributed by atoms with Gasteiger partial charge in [-0.2, -0.15) is 0 Å². The van der Waals surface area contributed by atoms with Crippen LogP contribution in [0.5, 0.6) is 0 Å². The molecule has 1 saturated carbocycles. The molecule has 0 unspecified atom stereocenters. The summed E-state index contributed by atoms with van der Waals surface area (Å²) in [6.45, 7) is 7.45. The molecular formula is C22H36FIN4O2. The maximum atomic E-state index is 13.6. The Morgan fingerprint density at radius 3 is 2.60 bits per heavy atom. The lowest BCUT2D eigenvalue weighted by Gasteiger charge is -2.48. The summed E-state index contributed by atoms with van der Waals surface area (Å²) < 4.78 is 19.2. The molecule has 0 atom stereocenters. The summed E-state index contributed by atoms with van der Waals surface area (Å²) in [6, 6.07) is 4.79. The molecule has 170 valence electrons. The summed E-state index contributed by atoms with van der Waals surface area (Å²) in [5.74, 6) is 0.399. The summed E-state index contributed by atoms with van der Waals surface area (Å²) in [7, 11) is 0. The largest absolute Gasteiger partial charge is 0.392 e. The minimum atomic E-state index is -0.380. The molecule has 3 N–H and O–H groups in total. The third kappa shape index (κ3) is 6.77. The predicted octanol–water partition coefficient (Wildman–Crippen LogP) is 3.03. The molecule has 1 saturated heterocycles. The zero-order valence-electron chi connectivity index (χ0n) is 18.0. The smallest absolute Gasteiger partial charge is 0.191 e. The Kier molecular flexibility index (Phi) is 10.8. The molecule has 6 nitrogen and oxygen atoms in total. The van der Waals surface area contributed by atoms with Crippen molar-refractivity contribution in [3.8, 4) is 0 Å². The highest BCUT2D eigenvalue weighted by atomic mass is 127. The van der Waals surface area contributed by atoms with Crippen molar-refractivity contribution in [3.63, 3.8) is 0 Å². The highest BCUT2D eigenvalue weighted by Crippen LogP contribution is 2.33. The van der Waals surface area contributed by atoms with E-state index in [1.807, 2.05) is 0 Å². The van der Waals surface area contributed by atoms with Crippen molar-refractivity contribution >= 4 is 29.9 Å². The lowest BCUT2D eigenvalue weighted by molar-refractivity contribution is -0.0352. The SMILES string of the molecule is CCNC(=NCc1ccc(F)c(CO)c1)NCC1(N2CCOCC2)CCCCC1.I. The summed E-state index contributed by atoms with van der Waals surface area (Å²) in [5, 5.41) is 16.2. The first-order chi connectivity index (χ1) is 14.2. The highest BCUT2D eigenvalue weighted by Gasteiger charge is 2.38. The van der Waals surface area contributed by atoms with Crippen LogP contribution in [0.4, 0.5) is 4.39 Å². The van der Waals surface area contributed by atoms with Crippen LogP contribution in [-0.2, 0) is 17.9 Å². The van der Waals surface area contributed by atoms with Gasteiger partial charge in [0.25, 0.3) is 0 Å². The Bertz CT molecular complexity index is 677. The fourth-order valence-corrected chi connectivity index (χ4v) is 4.46. The van der Waals surface area contributed by atoms with Crippen molar-refractivity contribution in [2.75, 3.05) is 39.4 Å². The van der Waals surface area contributed by atoms with Crippen LogP contribution in [-0.4, -0.2) is 60.9 Å². The van der Waals surface area contributed by atoms with E-state index in [4.69, 9.17) is 9.73 Å². The van der Waals surface area contributed by atoms with E-state index in [0.29, 0.717) is 12.1 Å². The molecule has 1 aliphatic heterocycles. The van der Waals surface area contributed by atoms with Crippen LogP contribution in [0.3, 0.4) is 0 Å². The monoisotopic (exact) mass is 534 g/mol. The summed E-state index contributed by atoms with van der Waals surface area (Å²) in [5.41, 5.74) is 1.36. The van der Waals surface area contributed by atoms with Crippen molar-refractivity contribution < 1.29 is 14.2 Å². The molecule has 2 aliphatic rings. The quantitative estimate of drug-likeness (QED) is 0.285. The van der Waals surface area contributed by atoms with Gasteiger partial charge in [0.2, 0.25) is 0 Å². The van der Waals surface area contributed by atoms with Gasteiger partial charge in [0.15, 0.2) is 5.96 Å². The number of rotatable bonds is 7. The number of hydrogen-bond donors (Lipinski definition) is 3. The van der Waals surface area contributed by atoms with Gasteiger partial charge in [-0.3, -0.25) is 4.90 Å². The minimum absolute atomic E-state index is 0. The Balaban J connectivity index is 0.00000320. The molecule has 3 rings (SSSR count). The number of benzene rings is 1. The lowest BCUT2D eigenvalue weighted by atomic mass is 9.80.